The molecule has 0 aromatic heterocycles. The summed E-state index contributed by atoms with van der Waals surface area (Å²) in [6.07, 6.45) is 1.77. The van der Waals surface area contributed by atoms with Crippen molar-refractivity contribution < 1.29 is 14.4 Å². The van der Waals surface area contributed by atoms with Crippen LogP contribution in [-0.2, 0) is 4.74 Å². The number of halogens is 1. The van der Waals surface area contributed by atoms with E-state index in [2.05, 4.69) is 13.8 Å². The molecule has 1 aromatic rings. The van der Waals surface area contributed by atoms with Gasteiger partial charge in [-0.05, 0) is 38.5 Å². The highest BCUT2D eigenvalue weighted by Gasteiger charge is 2.24. The molecule has 20 heavy (non-hydrogen) atoms. The standard InChI is InChI=1S/C16H24ClNO2/c1-12-5-6-16(15(17)9-12)19-8-4-7-18-10-13(2)20-14(3)11-18/h5-6,9,13-14H,4,7-8,10-11H2,1-3H3/p+1/t13-,14+. The molecular formula is C16H25ClNO2+. The molecule has 0 radical (unpaired) electrons. The van der Waals surface area contributed by atoms with E-state index in [-0.39, 0.29) is 0 Å². The third-order valence-corrected chi connectivity index (χ3v) is 3.93. The molecule has 1 fully saturated rings. The summed E-state index contributed by atoms with van der Waals surface area (Å²) >= 11 is 6.15. The number of aryl methyl sites for hydroxylation is 1. The number of quaternary nitrogens is 1. The molecule has 1 saturated heterocycles. The highest BCUT2D eigenvalue weighted by Crippen LogP contribution is 2.25. The zero-order valence-electron chi connectivity index (χ0n) is 12.6. The molecule has 3 atom stereocenters. The number of ether oxygens (including phenoxy) is 2. The predicted octanol–water partition coefficient (Wildman–Crippen LogP) is 2.11. The second-order valence-corrected chi connectivity index (χ2v) is 6.21. The smallest absolute Gasteiger partial charge is 0.137 e. The zero-order chi connectivity index (χ0) is 14.5. The van der Waals surface area contributed by atoms with Gasteiger partial charge >= 0.3 is 0 Å². The van der Waals surface area contributed by atoms with Crippen molar-refractivity contribution >= 4 is 11.6 Å². The highest BCUT2D eigenvalue weighted by atomic mass is 35.5. The molecule has 2 rings (SSSR count). The van der Waals surface area contributed by atoms with Crippen molar-refractivity contribution in [2.24, 2.45) is 0 Å². The first-order valence-electron chi connectivity index (χ1n) is 7.42. The molecule has 0 amide bonds. The lowest BCUT2D eigenvalue weighted by molar-refractivity contribution is -0.915. The fourth-order valence-electron chi connectivity index (χ4n) is 2.82. The fourth-order valence-corrected chi connectivity index (χ4v) is 3.11. The Bertz CT molecular complexity index is 428. The number of rotatable bonds is 5. The van der Waals surface area contributed by atoms with Crippen LogP contribution in [0.5, 0.6) is 5.75 Å². The lowest BCUT2D eigenvalue weighted by Gasteiger charge is -2.32. The minimum Gasteiger partial charge on any atom is -0.492 e. The Balaban J connectivity index is 1.71. The number of hydrogen-bond donors (Lipinski definition) is 1. The Kier molecular flexibility index (Phi) is 5.70. The molecule has 1 aromatic carbocycles. The van der Waals surface area contributed by atoms with Gasteiger partial charge in [0.15, 0.2) is 0 Å². The minimum atomic E-state index is 0.362. The zero-order valence-corrected chi connectivity index (χ0v) is 13.4. The van der Waals surface area contributed by atoms with E-state index in [1.165, 1.54) is 0 Å². The lowest BCUT2D eigenvalue weighted by atomic mass is 10.2. The SMILES string of the molecule is Cc1ccc(OCCC[NH+]2C[C@@H](C)O[C@@H](C)C2)c(Cl)c1. The fraction of sp³-hybridized carbons (Fsp3) is 0.625. The first-order chi connectivity index (χ1) is 9.54. The average molecular weight is 299 g/mol. The van der Waals surface area contributed by atoms with E-state index in [1.807, 2.05) is 25.1 Å². The maximum absolute atomic E-state index is 6.15. The summed E-state index contributed by atoms with van der Waals surface area (Å²) in [7, 11) is 0. The minimum absolute atomic E-state index is 0.362. The van der Waals surface area contributed by atoms with E-state index in [0.717, 1.165) is 44.0 Å². The van der Waals surface area contributed by atoms with Crippen LogP contribution in [0.2, 0.25) is 5.02 Å². The number of morpholine rings is 1. The molecular weight excluding hydrogens is 274 g/mol. The van der Waals surface area contributed by atoms with Gasteiger partial charge in [0, 0.05) is 6.42 Å². The third-order valence-electron chi connectivity index (χ3n) is 3.64. The second kappa shape index (κ2) is 7.30. The summed E-state index contributed by atoms with van der Waals surface area (Å²) in [5, 5.41) is 0.700. The Labute approximate surface area is 126 Å². The van der Waals surface area contributed by atoms with Crippen molar-refractivity contribution in [1.29, 1.82) is 0 Å². The predicted molar refractivity (Wildman–Crippen MR) is 81.9 cm³/mol. The molecule has 1 aliphatic heterocycles. The molecule has 1 aliphatic rings. The summed E-state index contributed by atoms with van der Waals surface area (Å²) < 4.78 is 11.5. The van der Waals surface area contributed by atoms with E-state index in [0.29, 0.717) is 17.2 Å². The molecule has 1 N–H and O–H groups in total. The van der Waals surface area contributed by atoms with Gasteiger partial charge in [0.2, 0.25) is 0 Å². The van der Waals surface area contributed by atoms with E-state index in [4.69, 9.17) is 21.1 Å². The largest absolute Gasteiger partial charge is 0.492 e. The third kappa shape index (κ3) is 4.65. The van der Waals surface area contributed by atoms with Gasteiger partial charge in [-0.15, -0.1) is 0 Å². The van der Waals surface area contributed by atoms with Crippen LogP contribution in [0, 0.1) is 6.92 Å². The van der Waals surface area contributed by atoms with Crippen LogP contribution < -0.4 is 9.64 Å². The lowest BCUT2D eigenvalue weighted by Crippen LogP contribution is -3.15. The normalized spacial score (nSPS) is 26.5. The Morgan fingerprint density at radius 1 is 1.30 bits per heavy atom. The van der Waals surface area contributed by atoms with Crippen LogP contribution in [0.15, 0.2) is 18.2 Å². The van der Waals surface area contributed by atoms with Crippen molar-refractivity contribution in [3.8, 4) is 5.75 Å². The molecule has 0 bridgehead atoms. The van der Waals surface area contributed by atoms with Crippen molar-refractivity contribution in [2.45, 2.75) is 39.4 Å². The van der Waals surface area contributed by atoms with Gasteiger partial charge in [-0.25, -0.2) is 0 Å². The van der Waals surface area contributed by atoms with E-state index in [9.17, 15) is 0 Å². The number of nitrogens with one attached hydrogen (secondary N) is 1. The summed E-state index contributed by atoms with van der Waals surface area (Å²) in [6.45, 7) is 10.4. The molecule has 112 valence electrons. The molecule has 0 saturated carbocycles. The van der Waals surface area contributed by atoms with Crippen LogP contribution in [0.1, 0.15) is 25.8 Å². The Morgan fingerprint density at radius 3 is 2.65 bits per heavy atom. The number of hydrogen-bond acceptors (Lipinski definition) is 2. The molecule has 3 nitrogen and oxygen atoms in total. The van der Waals surface area contributed by atoms with Gasteiger partial charge in [0.1, 0.15) is 31.0 Å². The van der Waals surface area contributed by atoms with Crippen LogP contribution in [0.25, 0.3) is 0 Å². The summed E-state index contributed by atoms with van der Waals surface area (Å²) in [5.74, 6) is 0.788. The van der Waals surface area contributed by atoms with Gasteiger partial charge in [-0.1, -0.05) is 17.7 Å². The molecule has 0 aliphatic carbocycles. The van der Waals surface area contributed by atoms with Gasteiger partial charge in [-0.2, -0.15) is 0 Å². The quantitative estimate of drug-likeness (QED) is 0.842. The summed E-state index contributed by atoms with van der Waals surface area (Å²) in [4.78, 5) is 1.61. The number of benzene rings is 1. The molecule has 4 heteroatoms. The first-order valence-corrected chi connectivity index (χ1v) is 7.80. The second-order valence-electron chi connectivity index (χ2n) is 5.80. The first kappa shape index (κ1) is 15.6. The van der Waals surface area contributed by atoms with E-state index >= 15 is 0 Å². The topological polar surface area (TPSA) is 22.9 Å². The summed E-state index contributed by atoms with van der Waals surface area (Å²) in [5.41, 5.74) is 1.16. The molecule has 0 spiro atoms. The Morgan fingerprint density at radius 2 is 2.00 bits per heavy atom. The van der Waals surface area contributed by atoms with Crippen molar-refractivity contribution in [1.82, 2.24) is 0 Å². The maximum atomic E-state index is 6.15. The monoisotopic (exact) mass is 298 g/mol. The molecule has 1 heterocycles. The van der Waals surface area contributed by atoms with Crippen molar-refractivity contribution in [3.63, 3.8) is 0 Å². The molecule has 1 unspecified atom stereocenters. The Hall–Kier alpha value is -0.770. The maximum Gasteiger partial charge on any atom is 0.137 e. The summed E-state index contributed by atoms with van der Waals surface area (Å²) in [6, 6.07) is 5.91. The van der Waals surface area contributed by atoms with Crippen LogP contribution in [-0.4, -0.2) is 38.4 Å². The van der Waals surface area contributed by atoms with E-state index in [1.54, 1.807) is 4.90 Å². The average Bonchev–Trinajstić information content (AvgIpc) is 2.35. The van der Waals surface area contributed by atoms with Gasteiger partial charge in [0.25, 0.3) is 0 Å². The van der Waals surface area contributed by atoms with Crippen LogP contribution >= 0.6 is 11.6 Å². The van der Waals surface area contributed by atoms with Crippen molar-refractivity contribution in [3.05, 3.63) is 28.8 Å². The van der Waals surface area contributed by atoms with Crippen LogP contribution in [0.4, 0.5) is 0 Å². The van der Waals surface area contributed by atoms with Gasteiger partial charge < -0.3 is 14.4 Å². The van der Waals surface area contributed by atoms with Crippen molar-refractivity contribution in [2.75, 3.05) is 26.2 Å². The van der Waals surface area contributed by atoms with Crippen LogP contribution in [0.3, 0.4) is 0 Å². The highest BCUT2D eigenvalue weighted by molar-refractivity contribution is 6.32. The van der Waals surface area contributed by atoms with Gasteiger partial charge in [-0.3, -0.25) is 0 Å². The van der Waals surface area contributed by atoms with Gasteiger partial charge in [0.05, 0.1) is 18.2 Å². The van der Waals surface area contributed by atoms with E-state index < -0.39 is 0 Å².